The van der Waals surface area contributed by atoms with Crippen LogP contribution in [-0.2, 0) is 9.53 Å². The fraction of sp³-hybridized carbons (Fsp3) is 0.133. The molecule has 2 aromatic carbocycles. The zero-order chi connectivity index (χ0) is 13.0. The minimum Gasteiger partial charge on any atom is -0.448 e. The first-order chi connectivity index (χ1) is 8.69. The van der Waals surface area contributed by atoms with Crippen molar-refractivity contribution in [3.63, 3.8) is 0 Å². The average molecular weight is 258 g/mol. The number of hydrogen-bond acceptors (Lipinski definition) is 3. The van der Waals surface area contributed by atoms with Gasteiger partial charge >= 0.3 is 5.97 Å². The monoisotopic (exact) mass is 258 g/mol. The van der Waals surface area contributed by atoms with E-state index in [1.807, 2.05) is 25.1 Å². The third-order valence-electron chi connectivity index (χ3n) is 2.47. The summed E-state index contributed by atoms with van der Waals surface area (Å²) in [6.45, 7) is 5.23. The van der Waals surface area contributed by atoms with Crippen molar-refractivity contribution in [2.45, 2.75) is 17.3 Å². The maximum atomic E-state index is 11.1. The third-order valence-corrected chi connectivity index (χ3v) is 3.43. The molecular formula is C15H14O2S. The number of fused-ring (bicyclic) bond motifs is 1. The standard InChI is InChI=1S/C15H14O2S/c1-3-15(16)17-11(2)18-14-9-8-12-6-4-5-7-13(12)10-14/h3-11H,1H2,2H3. The number of carbonyl (C=O) groups excluding carboxylic acids is 1. The Morgan fingerprint density at radius 2 is 2.00 bits per heavy atom. The van der Waals surface area contributed by atoms with Crippen molar-refractivity contribution >= 4 is 28.5 Å². The molecule has 0 aliphatic carbocycles. The zero-order valence-electron chi connectivity index (χ0n) is 10.1. The Morgan fingerprint density at radius 3 is 2.72 bits per heavy atom. The Kier molecular flexibility index (Phi) is 4.05. The lowest BCUT2D eigenvalue weighted by molar-refractivity contribution is -0.138. The van der Waals surface area contributed by atoms with Crippen LogP contribution in [0, 0.1) is 0 Å². The average Bonchev–Trinajstić information content (AvgIpc) is 2.38. The van der Waals surface area contributed by atoms with Gasteiger partial charge in [0, 0.05) is 11.0 Å². The first-order valence-corrected chi connectivity index (χ1v) is 6.55. The molecule has 0 fully saturated rings. The molecular weight excluding hydrogens is 244 g/mol. The van der Waals surface area contributed by atoms with Crippen LogP contribution in [0.15, 0.2) is 60.0 Å². The molecule has 1 atom stereocenters. The predicted molar refractivity (Wildman–Crippen MR) is 75.6 cm³/mol. The Morgan fingerprint density at radius 1 is 1.28 bits per heavy atom. The van der Waals surface area contributed by atoms with E-state index in [0.29, 0.717) is 0 Å². The lowest BCUT2D eigenvalue weighted by atomic mass is 10.1. The fourth-order valence-corrected chi connectivity index (χ4v) is 2.54. The van der Waals surface area contributed by atoms with Crippen LogP contribution < -0.4 is 0 Å². The van der Waals surface area contributed by atoms with E-state index in [-0.39, 0.29) is 5.44 Å². The molecule has 0 spiro atoms. The van der Waals surface area contributed by atoms with Gasteiger partial charge in [-0.15, -0.1) is 0 Å². The lowest BCUT2D eigenvalue weighted by Crippen LogP contribution is -2.08. The van der Waals surface area contributed by atoms with E-state index in [1.54, 1.807) is 0 Å². The van der Waals surface area contributed by atoms with Crippen molar-refractivity contribution in [1.29, 1.82) is 0 Å². The van der Waals surface area contributed by atoms with Crippen molar-refractivity contribution in [1.82, 2.24) is 0 Å². The summed E-state index contributed by atoms with van der Waals surface area (Å²) in [5, 5.41) is 2.39. The molecule has 1 unspecified atom stereocenters. The van der Waals surface area contributed by atoms with Crippen molar-refractivity contribution in [2.75, 3.05) is 0 Å². The molecule has 92 valence electrons. The molecule has 0 aliphatic rings. The van der Waals surface area contributed by atoms with E-state index in [2.05, 4.69) is 30.8 Å². The first kappa shape index (κ1) is 12.7. The molecule has 2 rings (SSSR count). The van der Waals surface area contributed by atoms with Crippen LogP contribution in [0.1, 0.15) is 6.92 Å². The van der Waals surface area contributed by atoms with Gasteiger partial charge in [0.15, 0.2) is 0 Å². The number of esters is 1. The number of thioether (sulfide) groups is 1. The number of carbonyl (C=O) groups is 1. The molecule has 0 saturated carbocycles. The summed E-state index contributed by atoms with van der Waals surface area (Å²) in [6.07, 6.45) is 1.18. The van der Waals surface area contributed by atoms with E-state index in [4.69, 9.17) is 4.74 Å². The molecule has 0 aliphatic heterocycles. The smallest absolute Gasteiger partial charge is 0.331 e. The Labute approximate surface area is 111 Å². The number of benzene rings is 2. The Hall–Kier alpha value is -1.74. The van der Waals surface area contributed by atoms with Gasteiger partial charge < -0.3 is 4.74 Å². The number of hydrogen-bond donors (Lipinski definition) is 0. The molecule has 0 bridgehead atoms. The second-order valence-corrected chi connectivity index (χ2v) is 5.21. The fourth-order valence-electron chi connectivity index (χ4n) is 1.67. The van der Waals surface area contributed by atoms with Gasteiger partial charge in [-0.1, -0.05) is 48.7 Å². The van der Waals surface area contributed by atoms with Gasteiger partial charge in [0.25, 0.3) is 0 Å². The van der Waals surface area contributed by atoms with Crippen molar-refractivity contribution in [3.05, 3.63) is 55.1 Å². The largest absolute Gasteiger partial charge is 0.448 e. The molecule has 3 heteroatoms. The minimum absolute atomic E-state index is 0.225. The van der Waals surface area contributed by atoms with Gasteiger partial charge in [0.05, 0.1) is 0 Å². The minimum atomic E-state index is -0.393. The number of ether oxygens (including phenoxy) is 1. The van der Waals surface area contributed by atoms with Crippen molar-refractivity contribution < 1.29 is 9.53 Å². The summed E-state index contributed by atoms with van der Waals surface area (Å²) in [5.74, 6) is -0.393. The van der Waals surface area contributed by atoms with Gasteiger partial charge in [0.2, 0.25) is 0 Å². The zero-order valence-corrected chi connectivity index (χ0v) is 10.9. The summed E-state index contributed by atoms with van der Waals surface area (Å²) in [5.41, 5.74) is -0.225. The molecule has 2 nitrogen and oxygen atoms in total. The molecule has 0 N–H and O–H groups in total. The molecule has 0 amide bonds. The highest BCUT2D eigenvalue weighted by Crippen LogP contribution is 2.27. The molecule has 18 heavy (non-hydrogen) atoms. The van der Waals surface area contributed by atoms with Gasteiger partial charge in [-0.05, 0) is 29.8 Å². The SMILES string of the molecule is C=CC(=O)OC(C)Sc1ccc2ccccc2c1. The quantitative estimate of drug-likeness (QED) is 0.359. The van der Waals surface area contributed by atoms with Crippen LogP contribution in [0.3, 0.4) is 0 Å². The van der Waals surface area contributed by atoms with Crippen LogP contribution in [0.4, 0.5) is 0 Å². The molecule has 0 radical (unpaired) electrons. The third kappa shape index (κ3) is 3.14. The van der Waals surface area contributed by atoms with E-state index in [9.17, 15) is 4.79 Å². The maximum absolute atomic E-state index is 11.1. The first-order valence-electron chi connectivity index (χ1n) is 5.67. The van der Waals surface area contributed by atoms with Crippen LogP contribution >= 0.6 is 11.8 Å². The molecule has 2 aromatic rings. The summed E-state index contributed by atoms with van der Waals surface area (Å²) < 4.78 is 5.12. The predicted octanol–water partition coefficient (Wildman–Crippen LogP) is 4.01. The Balaban J connectivity index is 2.11. The summed E-state index contributed by atoms with van der Waals surface area (Å²) >= 11 is 1.51. The normalized spacial score (nSPS) is 12.1. The van der Waals surface area contributed by atoms with Crippen LogP contribution in [0.25, 0.3) is 10.8 Å². The van der Waals surface area contributed by atoms with E-state index < -0.39 is 5.97 Å². The molecule has 0 aromatic heterocycles. The second-order valence-electron chi connectivity index (χ2n) is 3.84. The summed E-state index contributed by atoms with van der Waals surface area (Å²) in [4.78, 5) is 12.2. The van der Waals surface area contributed by atoms with Gasteiger partial charge in [-0.2, -0.15) is 0 Å². The number of rotatable bonds is 4. The van der Waals surface area contributed by atoms with Crippen LogP contribution in [0.5, 0.6) is 0 Å². The van der Waals surface area contributed by atoms with Gasteiger partial charge in [0.1, 0.15) is 5.44 Å². The summed E-state index contributed by atoms with van der Waals surface area (Å²) in [6, 6.07) is 14.4. The lowest BCUT2D eigenvalue weighted by Gasteiger charge is -2.11. The van der Waals surface area contributed by atoms with Crippen molar-refractivity contribution in [2.24, 2.45) is 0 Å². The van der Waals surface area contributed by atoms with Crippen LogP contribution in [0.2, 0.25) is 0 Å². The molecule has 0 saturated heterocycles. The van der Waals surface area contributed by atoms with E-state index >= 15 is 0 Å². The topological polar surface area (TPSA) is 26.3 Å². The van der Waals surface area contributed by atoms with Crippen molar-refractivity contribution in [3.8, 4) is 0 Å². The van der Waals surface area contributed by atoms with Gasteiger partial charge in [-0.3, -0.25) is 0 Å². The second kappa shape index (κ2) is 5.74. The van der Waals surface area contributed by atoms with E-state index in [1.165, 1.54) is 28.6 Å². The van der Waals surface area contributed by atoms with Gasteiger partial charge in [-0.25, -0.2) is 4.79 Å². The highest BCUT2D eigenvalue weighted by molar-refractivity contribution is 7.99. The van der Waals surface area contributed by atoms with E-state index in [0.717, 1.165) is 4.90 Å². The van der Waals surface area contributed by atoms with Crippen LogP contribution in [-0.4, -0.2) is 11.4 Å². The highest BCUT2D eigenvalue weighted by atomic mass is 32.2. The Bertz CT molecular complexity index is 577. The summed E-state index contributed by atoms with van der Waals surface area (Å²) in [7, 11) is 0. The molecule has 0 heterocycles. The maximum Gasteiger partial charge on any atom is 0.331 e. The highest BCUT2D eigenvalue weighted by Gasteiger charge is 2.08.